The van der Waals surface area contributed by atoms with Crippen molar-refractivity contribution in [1.82, 2.24) is 0 Å². The number of carbonyl (C=O) groups is 3. The van der Waals surface area contributed by atoms with E-state index in [1.165, 1.54) is 0 Å². The molecule has 5 unspecified atom stereocenters. The fourth-order valence-electron chi connectivity index (χ4n) is 7.72. The molecule has 3 aliphatic carbocycles. The van der Waals surface area contributed by atoms with Crippen LogP contribution < -0.4 is 5.32 Å². The standard InChI is InChI=1S/C25H29NO7/c1-22-10-23(2)12-25(11-22)9-6-15(28)24(3,19(25)20(22)33-23)8-7-16(29)26-17-14(27)5-4-13(18(17)30)21(31)32/h4-6,9,19-20,27,30H,7-8,10-12H2,1-3H3,(H,26,29)(H,31,32)/t19?,20?,22?,23?,24-,25?/m1/s1. The maximum Gasteiger partial charge on any atom is 0.339 e. The van der Waals surface area contributed by atoms with Crippen molar-refractivity contribution in [3.63, 3.8) is 0 Å². The Labute approximate surface area is 191 Å². The number of hydrogen-bond donors (Lipinski definition) is 4. The van der Waals surface area contributed by atoms with Crippen molar-refractivity contribution in [1.29, 1.82) is 0 Å². The number of carboxylic acid groups (broad SMARTS) is 1. The summed E-state index contributed by atoms with van der Waals surface area (Å²) in [6.07, 6.45) is 6.79. The molecule has 4 bridgehead atoms. The lowest BCUT2D eigenvalue weighted by Gasteiger charge is -2.54. The van der Waals surface area contributed by atoms with Crippen LogP contribution in [0.1, 0.15) is 63.2 Å². The highest BCUT2D eigenvalue weighted by Crippen LogP contribution is 2.75. The minimum Gasteiger partial charge on any atom is -0.506 e. The maximum atomic E-state index is 13.2. The van der Waals surface area contributed by atoms with Gasteiger partial charge in [0.05, 0.1) is 11.7 Å². The summed E-state index contributed by atoms with van der Waals surface area (Å²) in [6, 6.07) is 2.16. The molecular formula is C25H29NO7. The Morgan fingerprint density at radius 2 is 1.88 bits per heavy atom. The van der Waals surface area contributed by atoms with Gasteiger partial charge in [0.15, 0.2) is 11.5 Å². The van der Waals surface area contributed by atoms with Crippen LogP contribution in [-0.4, -0.2) is 44.7 Å². The zero-order valence-corrected chi connectivity index (χ0v) is 19.0. The number of carboxylic acids is 1. The van der Waals surface area contributed by atoms with Crippen LogP contribution in [0.15, 0.2) is 24.3 Å². The molecule has 1 spiro atoms. The van der Waals surface area contributed by atoms with Gasteiger partial charge >= 0.3 is 5.97 Å². The van der Waals surface area contributed by atoms with E-state index in [0.29, 0.717) is 0 Å². The molecule has 0 radical (unpaired) electrons. The first-order valence-corrected chi connectivity index (χ1v) is 11.3. The normalized spacial score (nSPS) is 40.2. The van der Waals surface area contributed by atoms with Gasteiger partial charge in [0, 0.05) is 17.8 Å². The molecule has 1 amide bonds. The predicted molar refractivity (Wildman–Crippen MR) is 118 cm³/mol. The van der Waals surface area contributed by atoms with Gasteiger partial charge in [-0.05, 0) is 61.6 Å². The average molecular weight is 456 g/mol. The Balaban J connectivity index is 1.38. The van der Waals surface area contributed by atoms with Crippen LogP contribution in [-0.2, 0) is 14.3 Å². The number of nitrogens with one attached hydrogen (secondary N) is 1. The van der Waals surface area contributed by atoms with Crippen molar-refractivity contribution in [3.05, 3.63) is 29.8 Å². The van der Waals surface area contributed by atoms with Crippen molar-refractivity contribution in [2.45, 2.75) is 64.6 Å². The number of aromatic hydroxyl groups is 2. The fraction of sp³-hybridized carbons (Fsp3) is 0.560. The van der Waals surface area contributed by atoms with Crippen LogP contribution in [0.25, 0.3) is 0 Å². The van der Waals surface area contributed by atoms with Crippen molar-refractivity contribution in [2.75, 3.05) is 5.32 Å². The summed E-state index contributed by atoms with van der Waals surface area (Å²) >= 11 is 0. The molecule has 5 aliphatic rings. The summed E-state index contributed by atoms with van der Waals surface area (Å²) in [4.78, 5) is 37.2. The maximum absolute atomic E-state index is 13.2. The molecule has 2 saturated heterocycles. The molecule has 0 aromatic heterocycles. The van der Waals surface area contributed by atoms with E-state index in [4.69, 9.17) is 4.74 Å². The number of amides is 1. The van der Waals surface area contributed by atoms with Gasteiger partial charge < -0.3 is 25.4 Å². The Bertz CT molecular complexity index is 1120. The van der Waals surface area contributed by atoms with Crippen LogP contribution in [0.5, 0.6) is 11.5 Å². The summed E-state index contributed by atoms with van der Waals surface area (Å²) < 4.78 is 6.51. The Kier molecular flexibility index (Phi) is 4.38. The van der Waals surface area contributed by atoms with E-state index in [1.807, 2.05) is 6.92 Å². The van der Waals surface area contributed by atoms with Gasteiger partial charge in [0.25, 0.3) is 0 Å². The Morgan fingerprint density at radius 1 is 1.15 bits per heavy atom. The van der Waals surface area contributed by atoms with E-state index >= 15 is 0 Å². The SMILES string of the molecule is CC12CC3(C)CC4(C=CC(=O)[C@@](C)(CCC(=O)Nc5c(O)ccc(C(=O)O)c5O)C4C3O1)C2. The molecule has 176 valence electrons. The van der Waals surface area contributed by atoms with Crippen LogP contribution in [0.3, 0.4) is 0 Å². The number of ketones is 1. The molecule has 2 heterocycles. The highest BCUT2D eigenvalue weighted by Gasteiger charge is 2.75. The fourth-order valence-corrected chi connectivity index (χ4v) is 7.72. The first kappa shape index (κ1) is 21.9. The Hall–Kier alpha value is -2.87. The number of carbonyl (C=O) groups excluding carboxylic acids is 2. The highest BCUT2D eigenvalue weighted by atomic mass is 16.5. The van der Waals surface area contributed by atoms with E-state index in [9.17, 15) is 29.7 Å². The van der Waals surface area contributed by atoms with Crippen molar-refractivity contribution >= 4 is 23.3 Å². The van der Waals surface area contributed by atoms with Crippen LogP contribution in [0, 0.1) is 22.2 Å². The number of rotatable bonds is 5. The van der Waals surface area contributed by atoms with E-state index in [-0.39, 0.29) is 52.8 Å². The van der Waals surface area contributed by atoms with Gasteiger partial charge in [-0.1, -0.05) is 19.9 Å². The summed E-state index contributed by atoms with van der Waals surface area (Å²) in [7, 11) is 0. The second-order valence-electron chi connectivity index (χ2n) is 11.2. The van der Waals surface area contributed by atoms with Crippen LogP contribution in [0.2, 0.25) is 0 Å². The lowest BCUT2D eigenvalue weighted by atomic mass is 9.53. The number of benzene rings is 1. The summed E-state index contributed by atoms with van der Waals surface area (Å²) in [5.74, 6) is -3.09. The molecule has 8 nitrogen and oxygen atoms in total. The lowest BCUT2D eigenvalue weighted by molar-refractivity contribution is -0.170. The molecule has 1 aromatic rings. The van der Waals surface area contributed by atoms with Gasteiger partial charge in [0.2, 0.25) is 5.91 Å². The van der Waals surface area contributed by atoms with Gasteiger partial charge in [-0.3, -0.25) is 9.59 Å². The lowest BCUT2D eigenvalue weighted by Crippen LogP contribution is -2.55. The van der Waals surface area contributed by atoms with Gasteiger partial charge in [-0.15, -0.1) is 0 Å². The van der Waals surface area contributed by atoms with E-state index in [2.05, 4.69) is 25.2 Å². The van der Waals surface area contributed by atoms with E-state index in [1.54, 1.807) is 6.08 Å². The molecule has 6 rings (SSSR count). The minimum atomic E-state index is -1.38. The number of phenols is 2. The number of aromatic carboxylic acids is 1. The summed E-state index contributed by atoms with van der Waals surface area (Å²) in [5.41, 5.74) is -1.85. The molecule has 2 saturated carbocycles. The Morgan fingerprint density at radius 3 is 2.58 bits per heavy atom. The third kappa shape index (κ3) is 2.96. The number of anilines is 1. The van der Waals surface area contributed by atoms with E-state index in [0.717, 1.165) is 31.4 Å². The number of ether oxygens (including phenoxy) is 1. The largest absolute Gasteiger partial charge is 0.506 e. The number of hydrogen-bond acceptors (Lipinski definition) is 6. The number of allylic oxidation sites excluding steroid dienone is 2. The molecular weight excluding hydrogens is 426 g/mol. The molecule has 33 heavy (non-hydrogen) atoms. The van der Waals surface area contributed by atoms with E-state index < -0.39 is 34.4 Å². The monoisotopic (exact) mass is 455 g/mol. The minimum absolute atomic E-state index is 0.00496. The molecule has 4 N–H and O–H groups in total. The second-order valence-corrected chi connectivity index (χ2v) is 11.2. The first-order chi connectivity index (χ1) is 15.3. The molecule has 1 aromatic carbocycles. The second kappa shape index (κ2) is 6.59. The average Bonchev–Trinajstić information content (AvgIpc) is 3.02. The molecule has 8 heteroatoms. The van der Waals surface area contributed by atoms with Gasteiger partial charge in [-0.25, -0.2) is 4.79 Å². The zero-order chi connectivity index (χ0) is 24.0. The van der Waals surface area contributed by atoms with Crippen molar-refractivity contribution in [3.8, 4) is 11.5 Å². The quantitative estimate of drug-likeness (QED) is 0.498. The third-order valence-corrected chi connectivity index (χ3v) is 8.57. The number of phenolic OH excluding ortho intramolecular Hbond substituents is 1. The highest BCUT2D eigenvalue weighted by molar-refractivity contribution is 6.00. The van der Waals surface area contributed by atoms with Gasteiger partial charge in [0.1, 0.15) is 17.0 Å². The smallest absolute Gasteiger partial charge is 0.339 e. The first-order valence-electron chi connectivity index (χ1n) is 11.3. The zero-order valence-electron chi connectivity index (χ0n) is 19.0. The topological polar surface area (TPSA) is 133 Å². The summed E-state index contributed by atoms with van der Waals surface area (Å²) in [6.45, 7) is 6.32. The van der Waals surface area contributed by atoms with Crippen molar-refractivity contribution < 1.29 is 34.4 Å². The molecule has 4 fully saturated rings. The molecule has 2 aliphatic heterocycles. The summed E-state index contributed by atoms with van der Waals surface area (Å²) in [5, 5.41) is 31.8. The molecule has 6 atom stereocenters. The third-order valence-electron chi connectivity index (χ3n) is 8.57. The van der Waals surface area contributed by atoms with Crippen molar-refractivity contribution in [2.24, 2.45) is 22.2 Å². The predicted octanol–water partition coefficient (Wildman–Crippen LogP) is 3.62. The van der Waals surface area contributed by atoms with Crippen LogP contribution in [0.4, 0.5) is 5.69 Å². The van der Waals surface area contributed by atoms with Gasteiger partial charge in [-0.2, -0.15) is 0 Å². The van der Waals surface area contributed by atoms with Crippen LogP contribution >= 0.6 is 0 Å².